The quantitative estimate of drug-likeness (QED) is 0.184. The van der Waals surface area contributed by atoms with Crippen molar-refractivity contribution in [2.45, 2.75) is 65.9 Å². The third-order valence-corrected chi connectivity index (χ3v) is 9.07. The molecule has 0 spiro atoms. The molecule has 0 amide bonds. The summed E-state index contributed by atoms with van der Waals surface area (Å²) in [6.45, 7) is 8.61. The number of ketones is 2. The van der Waals surface area contributed by atoms with Crippen molar-refractivity contribution in [3.05, 3.63) is 83.7 Å². The minimum atomic E-state index is -0.475. The Labute approximate surface area is 254 Å². The van der Waals surface area contributed by atoms with Crippen LogP contribution in [0.4, 0.5) is 5.69 Å². The maximum absolute atomic E-state index is 13.8. The van der Waals surface area contributed by atoms with Gasteiger partial charge in [0.1, 0.15) is 6.61 Å². The topological polar surface area (TPSA) is 99.0 Å². The van der Waals surface area contributed by atoms with Gasteiger partial charge in [0.25, 0.3) is 5.69 Å². The maximum Gasteiger partial charge on any atom is 0.269 e. The van der Waals surface area contributed by atoms with Gasteiger partial charge in [0.15, 0.2) is 23.1 Å². The molecular weight excluding hydrogens is 635 g/mol. The van der Waals surface area contributed by atoms with Crippen LogP contribution in [0.15, 0.2) is 58.9 Å². The highest BCUT2D eigenvalue weighted by molar-refractivity contribution is 14.1. The summed E-state index contributed by atoms with van der Waals surface area (Å²) in [5.41, 5.74) is 4.56. The molecular formula is C32H35IN2O6. The van der Waals surface area contributed by atoms with Gasteiger partial charge in [-0.1, -0.05) is 39.8 Å². The molecule has 2 aromatic carbocycles. The molecule has 41 heavy (non-hydrogen) atoms. The second-order valence-corrected chi connectivity index (χ2v) is 14.0. The SMILES string of the molecule is COc1cc(C2C3=C(CC(C)(C)CC3=O)N(C)C3=C2C(=O)CC(C)(C)C3)cc(I)c1OCc1cccc([N+](=O)[O-])c1. The largest absolute Gasteiger partial charge is 0.493 e. The fourth-order valence-corrected chi connectivity index (χ4v) is 7.24. The zero-order valence-corrected chi connectivity index (χ0v) is 26.5. The Balaban J connectivity index is 1.60. The Morgan fingerprint density at radius 2 is 1.56 bits per heavy atom. The number of nitrogens with zero attached hydrogens (tertiary/aromatic N) is 2. The van der Waals surface area contributed by atoms with Crippen molar-refractivity contribution >= 4 is 39.8 Å². The van der Waals surface area contributed by atoms with Crippen LogP contribution >= 0.6 is 22.6 Å². The molecule has 0 radical (unpaired) electrons. The number of rotatable bonds is 6. The Hall–Kier alpha value is -3.21. The van der Waals surface area contributed by atoms with Crippen LogP contribution in [0.25, 0.3) is 0 Å². The number of ether oxygens (including phenoxy) is 2. The van der Waals surface area contributed by atoms with Crippen LogP contribution in [0.3, 0.4) is 0 Å². The average molecular weight is 671 g/mol. The van der Waals surface area contributed by atoms with E-state index in [1.807, 2.05) is 19.2 Å². The zero-order valence-electron chi connectivity index (χ0n) is 24.3. The highest BCUT2D eigenvalue weighted by Gasteiger charge is 2.48. The van der Waals surface area contributed by atoms with Gasteiger partial charge in [0.2, 0.25) is 0 Å². The lowest BCUT2D eigenvalue weighted by Crippen LogP contribution is -2.43. The molecule has 8 nitrogen and oxygen atoms in total. The third-order valence-electron chi connectivity index (χ3n) is 8.27. The zero-order chi connectivity index (χ0) is 29.9. The van der Waals surface area contributed by atoms with E-state index in [1.165, 1.54) is 12.1 Å². The molecule has 9 heteroatoms. The van der Waals surface area contributed by atoms with E-state index in [4.69, 9.17) is 9.47 Å². The molecule has 0 bridgehead atoms. The number of nitro groups is 1. The van der Waals surface area contributed by atoms with Gasteiger partial charge in [-0.3, -0.25) is 19.7 Å². The van der Waals surface area contributed by atoms with E-state index < -0.39 is 10.8 Å². The van der Waals surface area contributed by atoms with E-state index in [0.717, 1.165) is 33.4 Å². The van der Waals surface area contributed by atoms with Crippen LogP contribution in [0.5, 0.6) is 11.5 Å². The first kappa shape index (κ1) is 29.3. The van der Waals surface area contributed by atoms with Gasteiger partial charge in [0.05, 0.1) is 15.6 Å². The van der Waals surface area contributed by atoms with Crippen LogP contribution in [-0.2, 0) is 16.2 Å². The number of carbonyl (C=O) groups is 2. The molecule has 1 heterocycles. The fourth-order valence-electron chi connectivity index (χ4n) is 6.46. The number of methoxy groups -OCH3 is 1. The highest BCUT2D eigenvalue weighted by atomic mass is 127. The first-order valence-corrected chi connectivity index (χ1v) is 14.8. The number of allylic oxidation sites excluding steroid dienone is 4. The molecule has 0 aromatic heterocycles. The minimum absolute atomic E-state index is 0.000752. The molecule has 3 aliphatic rings. The Kier molecular flexibility index (Phi) is 7.55. The van der Waals surface area contributed by atoms with Crippen LogP contribution in [-0.4, -0.2) is 35.5 Å². The number of hydrogen-bond acceptors (Lipinski definition) is 7. The van der Waals surface area contributed by atoms with E-state index in [0.29, 0.717) is 41.1 Å². The monoisotopic (exact) mass is 670 g/mol. The number of Topliss-reactive ketones (excluding diaryl/α,β-unsaturated/α-hetero) is 2. The Bertz CT molecular complexity index is 1480. The van der Waals surface area contributed by atoms with E-state index in [1.54, 1.807) is 19.2 Å². The number of carbonyl (C=O) groups excluding carboxylic acids is 2. The van der Waals surface area contributed by atoms with Crippen molar-refractivity contribution in [1.82, 2.24) is 4.90 Å². The summed E-state index contributed by atoms with van der Waals surface area (Å²) in [5.74, 6) is 0.672. The minimum Gasteiger partial charge on any atom is -0.493 e. The summed E-state index contributed by atoms with van der Waals surface area (Å²) in [4.78, 5) is 40.5. The summed E-state index contributed by atoms with van der Waals surface area (Å²) in [7, 11) is 3.56. The lowest BCUT2D eigenvalue weighted by molar-refractivity contribution is -0.384. The molecule has 5 rings (SSSR count). The molecule has 216 valence electrons. The molecule has 0 saturated heterocycles. The lowest BCUT2D eigenvalue weighted by Gasteiger charge is -2.48. The summed E-state index contributed by atoms with van der Waals surface area (Å²) in [5, 5.41) is 11.2. The smallest absolute Gasteiger partial charge is 0.269 e. The molecule has 0 N–H and O–H groups in total. The lowest BCUT2D eigenvalue weighted by atomic mass is 9.64. The van der Waals surface area contributed by atoms with E-state index >= 15 is 0 Å². The van der Waals surface area contributed by atoms with Crippen LogP contribution in [0, 0.1) is 24.5 Å². The summed E-state index contributed by atoms with van der Waals surface area (Å²) >= 11 is 2.19. The van der Waals surface area contributed by atoms with Crippen molar-refractivity contribution in [3.8, 4) is 11.5 Å². The van der Waals surface area contributed by atoms with Crippen LogP contribution < -0.4 is 9.47 Å². The predicted octanol–water partition coefficient (Wildman–Crippen LogP) is 7.10. The van der Waals surface area contributed by atoms with E-state index in [9.17, 15) is 19.7 Å². The molecule has 0 fully saturated rings. The van der Waals surface area contributed by atoms with E-state index in [-0.39, 0.29) is 34.7 Å². The van der Waals surface area contributed by atoms with Gasteiger partial charge >= 0.3 is 0 Å². The number of hydrogen-bond donors (Lipinski definition) is 0. The second-order valence-electron chi connectivity index (χ2n) is 12.8. The van der Waals surface area contributed by atoms with Gasteiger partial charge in [-0.25, -0.2) is 0 Å². The molecule has 2 aromatic rings. The summed E-state index contributed by atoms with van der Waals surface area (Å²) in [6.07, 6.45) is 2.37. The molecule has 1 aliphatic heterocycles. The highest BCUT2D eigenvalue weighted by Crippen LogP contribution is 2.54. The molecule has 2 aliphatic carbocycles. The fraction of sp³-hybridized carbons (Fsp3) is 0.438. The molecule has 0 atom stereocenters. The molecule has 0 unspecified atom stereocenters. The van der Waals surface area contributed by atoms with Crippen LogP contribution in [0.2, 0.25) is 0 Å². The number of benzene rings is 2. The molecule has 0 saturated carbocycles. The van der Waals surface area contributed by atoms with Crippen molar-refractivity contribution in [1.29, 1.82) is 0 Å². The third kappa shape index (κ3) is 5.52. The normalized spacial score (nSPS) is 20.1. The number of non-ortho nitro benzene ring substituents is 1. The van der Waals surface area contributed by atoms with Gasteiger partial charge in [-0.2, -0.15) is 0 Å². The maximum atomic E-state index is 13.8. The first-order valence-electron chi connectivity index (χ1n) is 13.7. The average Bonchev–Trinajstić information content (AvgIpc) is 2.87. The van der Waals surface area contributed by atoms with Gasteiger partial charge in [0, 0.05) is 60.5 Å². The Morgan fingerprint density at radius 3 is 2.10 bits per heavy atom. The van der Waals surface area contributed by atoms with Gasteiger partial charge in [-0.05, 0) is 69.5 Å². The number of nitro benzene ring substituents is 1. The summed E-state index contributed by atoms with van der Waals surface area (Å²) < 4.78 is 12.7. The van der Waals surface area contributed by atoms with Gasteiger partial charge in [-0.15, -0.1) is 0 Å². The predicted molar refractivity (Wildman–Crippen MR) is 164 cm³/mol. The van der Waals surface area contributed by atoms with Crippen molar-refractivity contribution in [3.63, 3.8) is 0 Å². The first-order chi connectivity index (χ1) is 19.2. The second kappa shape index (κ2) is 10.6. The van der Waals surface area contributed by atoms with Gasteiger partial charge < -0.3 is 14.4 Å². The standard InChI is InChI=1S/C32H35IN2O6/c1-31(2)13-22-28(24(36)15-31)27(29-23(34(22)5)14-32(3,4)16-25(29)37)19-11-21(33)30(26(12-19)40-6)41-17-18-8-7-9-20(10-18)35(38)39/h7-12,27H,13-17H2,1-6H3. The van der Waals surface area contributed by atoms with E-state index in [2.05, 4.69) is 55.2 Å². The Morgan fingerprint density at radius 1 is 0.976 bits per heavy atom. The number of halogens is 1. The summed E-state index contributed by atoms with van der Waals surface area (Å²) in [6, 6.07) is 10.2. The van der Waals surface area contributed by atoms with Crippen LogP contribution in [0.1, 0.15) is 70.4 Å². The van der Waals surface area contributed by atoms with Crippen molar-refractivity contribution in [2.24, 2.45) is 10.8 Å². The van der Waals surface area contributed by atoms with Crippen molar-refractivity contribution in [2.75, 3.05) is 14.2 Å². The van der Waals surface area contributed by atoms with Crippen molar-refractivity contribution < 1.29 is 24.0 Å².